The van der Waals surface area contributed by atoms with Crippen LogP contribution in [0.25, 0.3) is 0 Å². The third-order valence-electron chi connectivity index (χ3n) is 5.44. The van der Waals surface area contributed by atoms with Crippen LogP contribution < -0.4 is 0 Å². The lowest BCUT2D eigenvalue weighted by molar-refractivity contribution is -0.141. The van der Waals surface area contributed by atoms with Crippen molar-refractivity contribution in [1.82, 2.24) is 19.6 Å². The van der Waals surface area contributed by atoms with Gasteiger partial charge in [0.25, 0.3) is 0 Å². The highest BCUT2D eigenvalue weighted by atomic mass is 16.3. The normalized spacial score (nSPS) is 24.4. The van der Waals surface area contributed by atoms with E-state index in [1.165, 1.54) is 5.56 Å². The van der Waals surface area contributed by atoms with Crippen molar-refractivity contribution in [2.75, 3.05) is 26.2 Å². The lowest BCUT2D eigenvalue weighted by Gasteiger charge is -2.47. The first kappa shape index (κ1) is 18.1. The smallest absolute Gasteiger partial charge is 0.222 e. The SMILES string of the molecule is C=CCn1cc(CN2CC[C@@H]3[C@@H](CCC(=O)N3CCCCO)C2)cn1. The third-order valence-corrected chi connectivity index (χ3v) is 5.44. The zero-order valence-corrected chi connectivity index (χ0v) is 15.0. The monoisotopic (exact) mass is 346 g/mol. The van der Waals surface area contributed by atoms with Crippen LogP contribution in [0.5, 0.6) is 0 Å². The Kier molecular flexibility index (Phi) is 6.26. The standard InChI is InChI=1S/C19H30N4O2/c1-2-8-22-14-16(12-20-22)13-21-10-7-18-17(15-21)5-6-19(25)23(18)9-3-4-11-24/h2,12,14,17-18,24H,1,3-11,13,15H2/t17-,18+/m0/s1. The number of amides is 1. The number of carbonyl (C=O) groups is 1. The van der Waals surface area contributed by atoms with Crippen LogP contribution in [0.2, 0.25) is 0 Å². The van der Waals surface area contributed by atoms with Gasteiger partial charge in [-0.1, -0.05) is 6.08 Å². The highest BCUT2D eigenvalue weighted by Crippen LogP contribution is 2.32. The zero-order valence-electron chi connectivity index (χ0n) is 15.0. The van der Waals surface area contributed by atoms with Gasteiger partial charge in [-0.15, -0.1) is 6.58 Å². The van der Waals surface area contributed by atoms with E-state index in [9.17, 15) is 4.79 Å². The largest absolute Gasteiger partial charge is 0.396 e. The Bertz CT molecular complexity index is 586. The van der Waals surface area contributed by atoms with Gasteiger partial charge in [-0.2, -0.15) is 5.10 Å². The van der Waals surface area contributed by atoms with Crippen molar-refractivity contribution < 1.29 is 9.90 Å². The van der Waals surface area contributed by atoms with Crippen LogP contribution in [0.1, 0.15) is 37.7 Å². The van der Waals surface area contributed by atoms with Gasteiger partial charge in [-0.25, -0.2) is 0 Å². The number of hydrogen-bond donors (Lipinski definition) is 1. The number of fused-ring (bicyclic) bond motifs is 1. The molecule has 1 N–H and O–H groups in total. The molecule has 2 aliphatic heterocycles. The van der Waals surface area contributed by atoms with Gasteiger partial charge >= 0.3 is 0 Å². The van der Waals surface area contributed by atoms with Crippen LogP contribution in [-0.2, 0) is 17.9 Å². The molecule has 1 amide bonds. The molecule has 0 unspecified atom stereocenters. The number of rotatable bonds is 8. The van der Waals surface area contributed by atoms with Gasteiger partial charge in [0.15, 0.2) is 0 Å². The third kappa shape index (κ3) is 4.50. The fraction of sp³-hybridized carbons (Fsp3) is 0.684. The van der Waals surface area contributed by atoms with Crippen LogP contribution in [0.15, 0.2) is 25.0 Å². The first-order chi connectivity index (χ1) is 12.2. The first-order valence-corrected chi connectivity index (χ1v) is 9.46. The lowest BCUT2D eigenvalue weighted by atomic mass is 9.83. The van der Waals surface area contributed by atoms with Gasteiger partial charge in [0.2, 0.25) is 5.91 Å². The molecule has 2 aliphatic rings. The Balaban J connectivity index is 1.55. The Hall–Kier alpha value is -1.66. The highest BCUT2D eigenvalue weighted by molar-refractivity contribution is 5.77. The van der Waals surface area contributed by atoms with Gasteiger partial charge in [0, 0.05) is 57.0 Å². The molecule has 0 saturated carbocycles. The quantitative estimate of drug-likeness (QED) is 0.574. The molecule has 0 spiro atoms. The molecule has 1 aromatic rings. The van der Waals surface area contributed by atoms with Crippen molar-refractivity contribution in [3.05, 3.63) is 30.6 Å². The number of nitrogens with zero attached hydrogens (tertiary/aromatic N) is 4. The van der Waals surface area contributed by atoms with Gasteiger partial charge in [0.1, 0.15) is 0 Å². The van der Waals surface area contributed by atoms with Crippen molar-refractivity contribution in [3.8, 4) is 0 Å². The van der Waals surface area contributed by atoms with E-state index in [4.69, 9.17) is 5.11 Å². The molecule has 2 fully saturated rings. The molecular formula is C19H30N4O2. The molecule has 1 aromatic heterocycles. The number of aromatic nitrogens is 2. The lowest BCUT2D eigenvalue weighted by Crippen LogP contribution is -2.55. The van der Waals surface area contributed by atoms with Crippen LogP contribution in [0.4, 0.5) is 0 Å². The Morgan fingerprint density at radius 1 is 1.36 bits per heavy atom. The van der Waals surface area contributed by atoms with E-state index in [-0.39, 0.29) is 6.61 Å². The van der Waals surface area contributed by atoms with E-state index >= 15 is 0 Å². The van der Waals surface area contributed by atoms with E-state index in [1.54, 1.807) is 0 Å². The molecular weight excluding hydrogens is 316 g/mol. The molecule has 3 rings (SSSR count). The predicted octanol–water partition coefficient (Wildman–Crippen LogP) is 1.65. The predicted molar refractivity (Wildman–Crippen MR) is 96.9 cm³/mol. The molecule has 138 valence electrons. The molecule has 0 bridgehead atoms. The zero-order chi connectivity index (χ0) is 17.6. The maximum absolute atomic E-state index is 12.3. The summed E-state index contributed by atoms with van der Waals surface area (Å²) in [6.45, 7) is 8.52. The number of hydrogen-bond acceptors (Lipinski definition) is 4. The van der Waals surface area contributed by atoms with Crippen molar-refractivity contribution in [2.24, 2.45) is 5.92 Å². The highest BCUT2D eigenvalue weighted by Gasteiger charge is 2.38. The van der Waals surface area contributed by atoms with Crippen molar-refractivity contribution in [3.63, 3.8) is 0 Å². The van der Waals surface area contributed by atoms with Gasteiger partial charge in [-0.05, 0) is 31.6 Å². The average Bonchev–Trinajstić information content (AvgIpc) is 3.04. The topological polar surface area (TPSA) is 61.6 Å². The summed E-state index contributed by atoms with van der Waals surface area (Å²) in [5, 5.41) is 13.3. The van der Waals surface area contributed by atoms with Crippen molar-refractivity contribution in [2.45, 2.75) is 51.2 Å². The second kappa shape index (κ2) is 8.63. The Morgan fingerprint density at radius 2 is 2.24 bits per heavy atom. The van der Waals surface area contributed by atoms with Gasteiger partial charge in [0.05, 0.1) is 12.7 Å². The molecule has 0 aliphatic carbocycles. The number of aliphatic hydroxyl groups excluding tert-OH is 1. The first-order valence-electron chi connectivity index (χ1n) is 9.46. The van der Waals surface area contributed by atoms with Crippen LogP contribution >= 0.6 is 0 Å². The van der Waals surface area contributed by atoms with E-state index in [1.807, 2.05) is 17.0 Å². The minimum atomic E-state index is 0.212. The van der Waals surface area contributed by atoms with Crippen LogP contribution in [0.3, 0.4) is 0 Å². The second-order valence-corrected chi connectivity index (χ2v) is 7.27. The van der Waals surface area contributed by atoms with E-state index in [0.717, 1.165) is 58.4 Å². The van der Waals surface area contributed by atoms with Crippen LogP contribution in [-0.4, -0.2) is 62.9 Å². The van der Waals surface area contributed by atoms with Crippen LogP contribution in [0, 0.1) is 5.92 Å². The molecule has 2 atom stereocenters. The minimum Gasteiger partial charge on any atom is -0.396 e. The van der Waals surface area contributed by atoms with E-state index < -0.39 is 0 Å². The number of likely N-dealkylation sites (tertiary alicyclic amines) is 2. The molecule has 6 heteroatoms. The van der Waals surface area contributed by atoms with Gasteiger partial charge < -0.3 is 10.0 Å². The summed E-state index contributed by atoms with van der Waals surface area (Å²) in [4.78, 5) is 16.9. The summed E-state index contributed by atoms with van der Waals surface area (Å²) in [6.07, 6.45) is 10.3. The number of allylic oxidation sites excluding steroid dienone is 1. The second-order valence-electron chi connectivity index (χ2n) is 7.27. The number of carbonyl (C=O) groups excluding carboxylic acids is 1. The molecule has 2 saturated heterocycles. The number of unbranched alkanes of at least 4 members (excludes halogenated alkanes) is 1. The Morgan fingerprint density at radius 3 is 3.04 bits per heavy atom. The molecule has 0 radical (unpaired) electrons. The fourth-order valence-electron chi connectivity index (χ4n) is 4.23. The van der Waals surface area contributed by atoms with E-state index in [0.29, 0.717) is 24.3 Å². The molecule has 0 aromatic carbocycles. The molecule has 6 nitrogen and oxygen atoms in total. The fourth-order valence-corrected chi connectivity index (χ4v) is 4.23. The van der Waals surface area contributed by atoms with E-state index in [2.05, 4.69) is 27.7 Å². The average molecular weight is 346 g/mol. The summed E-state index contributed by atoms with van der Waals surface area (Å²) in [5.41, 5.74) is 1.24. The minimum absolute atomic E-state index is 0.212. The van der Waals surface area contributed by atoms with Crippen molar-refractivity contribution in [1.29, 1.82) is 0 Å². The summed E-state index contributed by atoms with van der Waals surface area (Å²) < 4.78 is 1.91. The molecule has 3 heterocycles. The number of aliphatic hydroxyl groups is 1. The summed E-state index contributed by atoms with van der Waals surface area (Å²) in [6, 6.07) is 0.389. The maximum atomic E-state index is 12.3. The summed E-state index contributed by atoms with van der Waals surface area (Å²) >= 11 is 0. The maximum Gasteiger partial charge on any atom is 0.222 e. The summed E-state index contributed by atoms with van der Waals surface area (Å²) in [5.74, 6) is 0.877. The van der Waals surface area contributed by atoms with Crippen molar-refractivity contribution >= 4 is 5.91 Å². The Labute approximate surface area is 150 Å². The number of piperidine rings is 2. The van der Waals surface area contributed by atoms with Gasteiger partial charge in [-0.3, -0.25) is 14.4 Å². The molecule has 25 heavy (non-hydrogen) atoms. The summed E-state index contributed by atoms with van der Waals surface area (Å²) in [7, 11) is 0.